The van der Waals surface area contributed by atoms with Gasteiger partial charge in [-0.2, -0.15) is 0 Å². The van der Waals surface area contributed by atoms with Crippen molar-refractivity contribution in [2.24, 2.45) is 11.3 Å². The maximum absolute atomic E-state index is 12.1. The van der Waals surface area contributed by atoms with Crippen LogP contribution >= 0.6 is 0 Å². The number of anilines is 1. The van der Waals surface area contributed by atoms with Crippen LogP contribution in [-0.2, 0) is 17.7 Å². The molecule has 0 saturated carbocycles. The Labute approximate surface area is 234 Å². The van der Waals surface area contributed by atoms with Crippen LogP contribution in [0.15, 0.2) is 60.7 Å². The summed E-state index contributed by atoms with van der Waals surface area (Å²) in [5.41, 5.74) is 7.27. The van der Waals surface area contributed by atoms with Crippen LogP contribution < -0.4 is 4.90 Å². The van der Waals surface area contributed by atoms with Crippen LogP contribution in [0.25, 0.3) is 21.8 Å². The second-order valence-corrected chi connectivity index (χ2v) is 12.5. The van der Waals surface area contributed by atoms with E-state index in [1.807, 2.05) is 31.2 Å². The van der Waals surface area contributed by atoms with Crippen molar-refractivity contribution >= 4 is 33.5 Å². The van der Waals surface area contributed by atoms with E-state index in [-0.39, 0.29) is 5.97 Å². The molecule has 0 N–H and O–H groups in total. The van der Waals surface area contributed by atoms with Crippen molar-refractivity contribution in [3.05, 3.63) is 77.4 Å². The third-order valence-electron chi connectivity index (χ3n) is 8.48. The number of esters is 1. The summed E-state index contributed by atoms with van der Waals surface area (Å²) >= 11 is 0. The fourth-order valence-corrected chi connectivity index (χ4v) is 6.38. The summed E-state index contributed by atoms with van der Waals surface area (Å²) in [6, 6.07) is 21.9. The van der Waals surface area contributed by atoms with Gasteiger partial charge in [-0.25, -0.2) is 4.79 Å². The second kappa shape index (κ2) is 11.5. The standard InChI is InChI=1S/C35H44N2O2/c1-6-39-34(38)28-14-11-26(12-15-28)24-37-32-17-13-27-20-30(32)31-21-29(16-18-33(31)37)36(5)23-25(2)10-8-7-9-19-35(3,4)22-27/h11-18,20-21,25H,6-10,19,22-24H2,1-5H3. The molecule has 1 aromatic heterocycles. The van der Waals surface area contributed by atoms with Crippen LogP contribution in [0.2, 0.25) is 0 Å². The van der Waals surface area contributed by atoms with E-state index in [9.17, 15) is 4.79 Å². The van der Waals surface area contributed by atoms with Gasteiger partial charge in [-0.15, -0.1) is 0 Å². The lowest BCUT2D eigenvalue weighted by Crippen LogP contribution is -2.23. The Hall–Kier alpha value is -3.27. The zero-order chi connectivity index (χ0) is 27.6. The molecule has 4 bridgehead atoms. The Kier molecular flexibility index (Phi) is 8.02. The summed E-state index contributed by atoms with van der Waals surface area (Å²) in [6.07, 6.45) is 7.63. The molecular weight excluding hydrogens is 480 g/mol. The van der Waals surface area contributed by atoms with Gasteiger partial charge in [0, 0.05) is 47.6 Å². The predicted molar refractivity (Wildman–Crippen MR) is 164 cm³/mol. The average Bonchev–Trinajstić information content (AvgIpc) is 3.20. The maximum atomic E-state index is 12.1. The Balaban J connectivity index is 1.58. The van der Waals surface area contributed by atoms with E-state index in [4.69, 9.17) is 4.74 Å². The van der Waals surface area contributed by atoms with Crippen LogP contribution in [0.3, 0.4) is 0 Å². The first kappa shape index (κ1) is 27.3. The molecule has 5 rings (SSSR count). The first-order chi connectivity index (χ1) is 18.7. The number of rotatable bonds is 4. The second-order valence-electron chi connectivity index (χ2n) is 12.5. The Morgan fingerprint density at radius 2 is 1.67 bits per heavy atom. The lowest BCUT2D eigenvalue weighted by atomic mass is 9.80. The smallest absolute Gasteiger partial charge is 0.338 e. The fourth-order valence-electron chi connectivity index (χ4n) is 6.38. The van der Waals surface area contributed by atoms with E-state index in [1.54, 1.807) is 0 Å². The van der Waals surface area contributed by atoms with Gasteiger partial charge in [-0.05, 0) is 91.1 Å². The van der Waals surface area contributed by atoms with Gasteiger partial charge in [0.2, 0.25) is 0 Å². The number of fused-ring (bicyclic) bond motifs is 2. The highest BCUT2D eigenvalue weighted by molar-refractivity contribution is 6.09. The third kappa shape index (κ3) is 6.16. The van der Waals surface area contributed by atoms with E-state index in [0.717, 1.165) is 19.5 Å². The number of benzene rings is 3. The minimum Gasteiger partial charge on any atom is -0.462 e. The zero-order valence-corrected chi connectivity index (χ0v) is 24.4. The van der Waals surface area contributed by atoms with Gasteiger partial charge < -0.3 is 14.2 Å². The summed E-state index contributed by atoms with van der Waals surface area (Å²) in [5.74, 6) is 0.412. The molecule has 0 spiro atoms. The summed E-state index contributed by atoms with van der Waals surface area (Å²) in [4.78, 5) is 14.6. The molecule has 4 aromatic rings. The molecule has 1 aliphatic rings. The van der Waals surface area contributed by atoms with Crippen LogP contribution in [0, 0.1) is 11.3 Å². The first-order valence-electron chi connectivity index (χ1n) is 14.8. The molecule has 1 aliphatic heterocycles. The highest BCUT2D eigenvalue weighted by atomic mass is 16.5. The zero-order valence-electron chi connectivity index (χ0n) is 24.4. The van der Waals surface area contributed by atoms with Crippen molar-refractivity contribution in [2.45, 2.75) is 72.8 Å². The summed E-state index contributed by atoms with van der Waals surface area (Å²) in [7, 11) is 2.24. The molecule has 4 nitrogen and oxygen atoms in total. The molecule has 0 radical (unpaired) electrons. The average molecular weight is 525 g/mol. The lowest BCUT2D eigenvalue weighted by Gasteiger charge is -2.26. The fraction of sp³-hybridized carbons (Fsp3) is 0.457. The SMILES string of the molecule is CCOC(=O)c1ccc(Cn2c3ccc4cc3c3cc(ccc32)N(C)CC(C)CCCCCC(C)(C)C4)cc1. The van der Waals surface area contributed by atoms with Crippen molar-refractivity contribution in [1.29, 1.82) is 0 Å². The normalized spacial score (nSPS) is 18.4. The Morgan fingerprint density at radius 1 is 0.949 bits per heavy atom. The highest BCUT2D eigenvalue weighted by Crippen LogP contribution is 2.36. The minimum absolute atomic E-state index is 0.266. The van der Waals surface area contributed by atoms with Crippen LogP contribution in [0.4, 0.5) is 5.69 Å². The Morgan fingerprint density at radius 3 is 2.41 bits per heavy atom. The monoisotopic (exact) mass is 524 g/mol. The molecule has 39 heavy (non-hydrogen) atoms. The number of nitrogens with zero attached hydrogens (tertiary/aromatic N) is 2. The van der Waals surface area contributed by atoms with Crippen LogP contribution in [0.1, 0.15) is 81.3 Å². The molecule has 3 aromatic carbocycles. The van der Waals surface area contributed by atoms with Gasteiger partial charge in [-0.3, -0.25) is 0 Å². The van der Waals surface area contributed by atoms with E-state index in [2.05, 4.69) is 73.7 Å². The van der Waals surface area contributed by atoms with Crippen LogP contribution in [0.5, 0.6) is 0 Å². The Bertz CT molecular complexity index is 1450. The summed E-state index contributed by atoms with van der Waals surface area (Å²) in [5, 5.41) is 2.65. The van der Waals surface area contributed by atoms with Gasteiger partial charge in [0.25, 0.3) is 0 Å². The van der Waals surface area contributed by atoms with Crippen molar-refractivity contribution in [2.75, 3.05) is 25.1 Å². The van der Waals surface area contributed by atoms with E-state index >= 15 is 0 Å². The highest BCUT2D eigenvalue weighted by Gasteiger charge is 2.21. The molecule has 206 valence electrons. The lowest BCUT2D eigenvalue weighted by molar-refractivity contribution is 0.0526. The topological polar surface area (TPSA) is 34.5 Å². The molecule has 0 fully saturated rings. The third-order valence-corrected chi connectivity index (χ3v) is 8.48. The van der Waals surface area contributed by atoms with Gasteiger partial charge in [-0.1, -0.05) is 58.2 Å². The number of carbonyl (C=O) groups excluding carboxylic acids is 1. The quantitative estimate of drug-likeness (QED) is 0.251. The van der Waals surface area contributed by atoms with Gasteiger partial charge in [0.1, 0.15) is 0 Å². The predicted octanol–water partition coefficient (Wildman–Crippen LogP) is 8.62. The van der Waals surface area contributed by atoms with Crippen molar-refractivity contribution in [1.82, 2.24) is 4.57 Å². The molecule has 1 atom stereocenters. The maximum Gasteiger partial charge on any atom is 0.338 e. The van der Waals surface area contributed by atoms with Crippen molar-refractivity contribution in [3.8, 4) is 0 Å². The van der Waals surface area contributed by atoms with E-state index in [1.165, 1.54) is 70.7 Å². The van der Waals surface area contributed by atoms with Crippen molar-refractivity contribution in [3.63, 3.8) is 0 Å². The van der Waals surface area contributed by atoms with Gasteiger partial charge in [0.15, 0.2) is 0 Å². The molecular formula is C35H44N2O2. The number of aromatic nitrogens is 1. The first-order valence-corrected chi connectivity index (χ1v) is 14.8. The molecule has 0 amide bonds. The molecule has 2 heterocycles. The van der Waals surface area contributed by atoms with Crippen LogP contribution in [-0.4, -0.2) is 30.7 Å². The summed E-state index contributed by atoms with van der Waals surface area (Å²) in [6.45, 7) is 11.3. The van der Waals surface area contributed by atoms with Crippen molar-refractivity contribution < 1.29 is 9.53 Å². The van der Waals surface area contributed by atoms with E-state index in [0.29, 0.717) is 23.5 Å². The molecule has 1 unspecified atom stereocenters. The van der Waals surface area contributed by atoms with Gasteiger partial charge in [0.05, 0.1) is 12.2 Å². The minimum atomic E-state index is -0.266. The molecule has 4 heteroatoms. The number of hydrogen-bond acceptors (Lipinski definition) is 3. The van der Waals surface area contributed by atoms with E-state index < -0.39 is 0 Å². The molecule has 0 aliphatic carbocycles. The number of ether oxygens (including phenoxy) is 1. The number of carbonyl (C=O) groups is 1. The molecule has 0 saturated heterocycles. The number of hydrogen-bond donors (Lipinski definition) is 0. The largest absolute Gasteiger partial charge is 0.462 e. The summed E-state index contributed by atoms with van der Waals surface area (Å²) < 4.78 is 7.60. The van der Waals surface area contributed by atoms with Gasteiger partial charge >= 0.3 is 5.97 Å².